The zero-order chi connectivity index (χ0) is 89.6. The van der Waals surface area contributed by atoms with Gasteiger partial charge in [0.25, 0.3) is 6.71 Å². The van der Waals surface area contributed by atoms with Crippen molar-refractivity contribution in [2.24, 2.45) is 0 Å². The van der Waals surface area contributed by atoms with Crippen LogP contribution in [0.5, 0.6) is 0 Å². The van der Waals surface area contributed by atoms with Crippen molar-refractivity contribution >= 4 is 139 Å². The molecule has 21 aromatic rings. The maximum absolute atomic E-state index is 10.7. The van der Waals surface area contributed by atoms with Gasteiger partial charge in [0.05, 0.1) is 80.6 Å². The number of nitrogens with zero attached hydrogens (tertiary/aromatic N) is 5. The van der Waals surface area contributed by atoms with Gasteiger partial charge in [0.15, 0.2) is 0 Å². The van der Waals surface area contributed by atoms with Gasteiger partial charge in [-0.15, -0.1) is 0 Å². The molecule has 0 N–H and O–H groups in total. The first-order valence-electron chi connectivity index (χ1n) is 46.6. The quantitative estimate of drug-likeness (QED) is 0.127. The molecule has 0 fully saturated rings. The van der Waals surface area contributed by atoms with E-state index in [0.717, 1.165) is 133 Å². The summed E-state index contributed by atoms with van der Waals surface area (Å²) in [7, 11) is 0. The first-order valence-corrected chi connectivity index (χ1v) is 39.6. The van der Waals surface area contributed by atoms with Gasteiger partial charge in [-0.05, 0) is 168 Å². The Kier molecular flexibility index (Phi) is 12.1. The molecule has 0 spiro atoms. The second-order valence-corrected chi connectivity index (χ2v) is 32.8. The Labute approximate surface area is 695 Å². The van der Waals surface area contributed by atoms with E-state index in [-0.39, 0.29) is 91.0 Å². The van der Waals surface area contributed by atoms with Gasteiger partial charge in [-0.25, -0.2) is 0 Å². The average Bonchev–Trinajstić information content (AvgIpc) is 1.43. The van der Waals surface area contributed by atoms with Crippen LogP contribution in [-0.2, 0) is 10.8 Å². The molecule has 6 heteroatoms. The molecule has 2 aliphatic rings. The zero-order valence-corrected chi connectivity index (χ0v) is 64.5. The largest absolute Gasteiger partial charge is 0.309 e. The summed E-state index contributed by atoms with van der Waals surface area (Å²) in [5.41, 5.74) is 20.5. The van der Waals surface area contributed by atoms with Crippen LogP contribution >= 0.6 is 0 Å². The fraction of sp³-hybridized carbons (Fsp3) is 0.0727. The second kappa shape index (κ2) is 25.7. The van der Waals surface area contributed by atoms with Crippen LogP contribution in [0.1, 0.15) is 71.9 Å². The van der Waals surface area contributed by atoms with E-state index in [1.807, 2.05) is 72.8 Å². The highest BCUT2D eigenvalue weighted by molar-refractivity contribution is 7.01. The predicted molar refractivity (Wildman–Crippen MR) is 494 cm³/mol. The van der Waals surface area contributed by atoms with Crippen LogP contribution in [0.4, 0.5) is 34.1 Å². The molecule has 6 heterocycles. The Morgan fingerprint density at radius 1 is 0.276 bits per heavy atom. The van der Waals surface area contributed by atoms with Crippen molar-refractivity contribution in [3.8, 4) is 78.1 Å². The van der Waals surface area contributed by atoms with E-state index in [1.54, 1.807) is 33.4 Å². The molecule has 116 heavy (non-hydrogen) atoms. The third kappa shape index (κ3) is 10.2. The Bertz CT molecular complexity index is 7870. The van der Waals surface area contributed by atoms with E-state index in [9.17, 15) is 19.2 Å². The van der Waals surface area contributed by atoms with Gasteiger partial charge in [-0.2, -0.15) is 0 Å². The number of fused-ring (bicyclic) bond motifs is 18. The summed E-state index contributed by atoms with van der Waals surface area (Å²) in [6.45, 7) is 12.6. The molecule has 0 aliphatic carbocycles. The molecule has 4 aromatic heterocycles. The van der Waals surface area contributed by atoms with Crippen molar-refractivity contribution in [3.05, 3.63) is 387 Å². The molecular weight excluding hydrogens is 1400 g/mol. The summed E-state index contributed by atoms with van der Waals surface area (Å²) in [5.74, 6) is 0. The van der Waals surface area contributed by atoms with Crippen molar-refractivity contribution < 1.29 is 19.2 Å². The molecule has 0 radical (unpaired) electrons. The van der Waals surface area contributed by atoms with Crippen LogP contribution < -0.4 is 26.2 Å². The smallest absolute Gasteiger partial charge is 0.252 e. The van der Waals surface area contributed by atoms with Crippen molar-refractivity contribution in [3.63, 3.8) is 0 Å². The SMILES string of the molecule is [2H]c1c([2H])c([2H])c2c(c1[2H])c1c([2H])c([2H])c(-c3ccccc3)c([2H])c1n2-c1ccc2c(c1)N(c1c(-c3ccccc3)cc(C(C)(C)C)cc1-c1ccccc1)c1c3c(c4c5ccccc5n5c6ccccc6c1c45)N(c1c(-c4ccccc4)cc(C(C)(C)C)cc1-c1ccccc1)c1cc(-n4c5c([2H])c([2H])c([2H])c([2H])c5c5c([2H])c([2H])c(-c6ccccc6)c([2H])c54)ccc1B23. The highest BCUT2D eigenvalue weighted by atomic mass is 15.2. The summed E-state index contributed by atoms with van der Waals surface area (Å²) in [5, 5.41) is 3.78. The molecule has 23 rings (SSSR count). The zero-order valence-electron chi connectivity index (χ0n) is 78.5. The number of rotatable bonds is 10. The predicted octanol–water partition coefficient (Wildman–Crippen LogP) is 27.7. The normalized spacial score (nSPS) is 14.6. The van der Waals surface area contributed by atoms with E-state index in [4.69, 9.17) is 0 Å². The third-order valence-corrected chi connectivity index (χ3v) is 24.1. The van der Waals surface area contributed by atoms with Crippen LogP contribution in [0.15, 0.2) is 376 Å². The summed E-state index contributed by atoms with van der Waals surface area (Å²) >= 11 is 0. The first-order chi connectivity index (χ1) is 62.7. The lowest BCUT2D eigenvalue weighted by atomic mass is 9.33. The summed E-state index contributed by atoms with van der Waals surface area (Å²) < 4.78 is 146. The average molecular weight is 1500 g/mol. The highest BCUT2D eigenvalue weighted by Crippen LogP contribution is 2.60. The highest BCUT2D eigenvalue weighted by Gasteiger charge is 2.49. The molecule has 548 valence electrons. The molecule has 0 saturated heterocycles. The monoisotopic (exact) mass is 1500 g/mol. The minimum Gasteiger partial charge on any atom is -0.309 e. The number of aromatic nitrogens is 3. The summed E-state index contributed by atoms with van der Waals surface area (Å²) in [6.07, 6.45) is 0. The first kappa shape index (κ1) is 54.5. The number of para-hydroxylation sites is 4. The molecule has 0 unspecified atom stereocenters. The van der Waals surface area contributed by atoms with Gasteiger partial charge in [-0.3, -0.25) is 0 Å². The van der Waals surface area contributed by atoms with Crippen molar-refractivity contribution in [2.75, 3.05) is 9.80 Å². The van der Waals surface area contributed by atoms with E-state index in [1.165, 1.54) is 0 Å². The van der Waals surface area contributed by atoms with E-state index >= 15 is 0 Å². The lowest BCUT2D eigenvalue weighted by Gasteiger charge is -2.46. The van der Waals surface area contributed by atoms with E-state index < -0.39 is 65.9 Å². The standard InChI is InChI=1S/C110H80BN5/c1-109(2,3)77-63-87(71-37-17-9-18-38-71)104(88(64-77)72-39-19-10-20-40-72)115-99-67-79(112-93-49-29-25-45-81(93)83-57-53-75(61-97(83)112)69-33-13-7-14-34-69)55-59-91(99)111-92-60-56-80(113-94-50-30-26-46-82(94)84-58-54-76(62-98(84)113)70-35-15-8-16-36-70)68-100(92)116(105-89(73-41-21-11-22-42-73)65-78(110(4,5)6)66-90(105)74-43-23-12-24-44-74)108-102-86-48-28-32-52-96(86)114-95-51-31-27-47-85(95)101(106(102)114)107(115)103(108)111/h7-68H,1-6H3/i25D,26D,29D,30D,45D,46D,49D,50D,53D,54D,57D,58D,61D,62D. The van der Waals surface area contributed by atoms with Gasteiger partial charge in [0, 0.05) is 88.1 Å². The van der Waals surface area contributed by atoms with Gasteiger partial charge in [-0.1, -0.05) is 332 Å². The number of anilines is 6. The molecular formula is C110H80BN5. The van der Waals surface area contributed by atoms with E-state index in [2.05, 4.69) is 250 Å². The van der Waals surface area contributed by atoms with Crippen molar-refractivity contribution in [1.29, 1.82) is 0 Å². The lowest BCUT2D eigenvalue weighted by Crippen LogP contribution is -2.61. The molecule has 0 bridgehead atoms. The summed E-state index contributed by atoms with van der Waals surface area (Å²) in [4.78, 5) is 4.95. The van der Waals surface area contributed by atoms with Crippen LogP contribution in [0.3, 0.4) is 0 Å². The van der Waals surface area contributed by atoms with Crippen LogP contribution in [0, 0.1) is 0 Å². The molecule has 17 aromatic carbocycles. The van der Waals surface area contributed by atoms with Crippen LogP contribution in [-0.4, -0.2) is 20.2 Å². The Balaban J connectivity index is 0.981. The third-order valence-electron chi connectivity index (χ3n) is 24.1. The van der Waals surface area contributed by atoms with Gasteiger partial charge < -0.3 is 23.3 Å². The molecule has 0 amide bonds. The van der Waals surface area contributed by atoms with Crippen molar-refractivity contribution in [2.45, 2.75) is 52.4 Å². The molecule has 0 atom stereocenters. The van der Waals surface area contributed by atoms with Gasteiger partial charge >= 0.3 is 0 Å². The van der Waals surface area contributed by atoms with Gasteiger partial charge in [0.2, 0.25) is 0 Å². The lowest BCUT2D eigenvalue weighted by molar-refractivity contribution is 0.590. The number of benzene rings is 17. The molecule has 0 saturated carbocycles. The Morgan fingerprint density at radius 3 is 0.966 bits per heavy atom. The fourth-order valence-electron chi connectivity index (χ4n) is 18.7. The summed E-state index contributed by atoms with van der Waals surface area (Å²) in [6, 6.07) is 94.0. The second-order valence-electron chi connectivity index (χ2n) is 32.8. The number of hydrogen-bond donors (Lipinski definition) is 0. The fourth-order valence-corrected chi connectivity index (χ4v) is 18.7. The van der Waals surface area contributed by atoms with Crippen LogP contribution in [0.25, 0.3) is 160 Å². The molecule has 5 nitrogen and oxygen atoms in total. The van der Waals surface area contributed by atoms with Crippen molar-refractivity contribution in [1.82, 2.24) is 13.5 Å². The van der Waals surface area contributed by atoms with E-state index in [0.29, 0.717) is 33.9 Å². The minimum absolute atomic E-state index is 0.00297. The van der Waals surface area contributed by atoms with Gasteiger partial charge in [0.1, 0.15) is 0 Å². The maximum Gasteiger partial charge on any atom is 0.252 e. The Morgan fingerprint density at radius 2 is 0.603 bits per heavy atom. The topological polar surface area (TPSA) is 20.8 Å². The maximum atomic E-state index is 10.7. The molecule has 2 aliphatic heterocycles. The number of hydrogen-bond acceptors (Lipinski definition) is 2. The van der Waals surface area contributed by atoms with Crippen LogP contribution in [0.2, 0.25) is 0 Å². The minimum atomic E-state index is -0.820. The Hall–Kier alpha value is -14.2.